The van der Waals surface area contributed by atoms with Gasteiger partial charge in [0.05, 0.1) is 6.42 Å². The molecule has 2 rings (SSSR count). The van der Waals surface area contributed by atoms with E-state index in [0.717, 1.165) is 13.1 Å². The molecule has 3 nitrogen and oxygen atoms in total. The summed E-state index contributed by atoms with van der Waals surface area (Å²) in [5.41, 5.74) is 0. The smallest absolute Gasteiger partial charge is 0.304 e. The van der Waals surface area contributed by atoms with Gasteiger partial charge in [-0.15, -0.1) is 0 Å². The van der Waals surface area contributed by atoms with Crippen molar-refractivity contribution in [3.8, 4) is 0 Å². The Hall–Kier alpha value is -0.570. The second kappa shape index (κ2) is 4.97. The molecule has 1 aliphatic heterocycles. The molecule has 1 saturated carbocycles. The molecule has 1 heterocycles. The zero-order valence-corrected chi connectivity index (χ0v) is 9.32. The van der Waals surface area contributed by atoms with Gasteiger partial charge in [-0.1, -0.05) is 12.8 Å². The first-order valence-corrected chi connectivity index (χ1v) is 6.23. The molecule has 0 aromatic carbocycles. The van der Waals surface area contributed by atoms with Crippen molar-refractivity contribution in [3.63, 3.8) is 0 Å². The Morgan fingerprint density at radius 3 is 2.33 bits per heavy atom. The molecule has 1 atom stereocenters. The van der Waals surface area contributed by atoms with Gasteiger partial charge in [-0.05, 0) is 44.7 Å². The maximum atomic E-state index is 10.9. The molecule has 1 aliphatic carbocycles. The molecule has 86 valence electrons. The van der Waals surface area contributed by atoms with Gasteiger partial charge in [-0.25, -0.2) is 0 Å². The van der Waals surface area contributed by atoms with Crippen molar-refractivity contribution in [1.82, 2.24) is 4.90 Å². The predicted molar refractivity (Wildman–Crippen MR) is 58.8 cm³/mol. The molecule has 0 aromatic heterocycles. The van der Waals surface area contributed by atoms with E-state index in [-0.39, 0.29) is 0 Å². The predicted octanol–water partition coefficient (Wildman–Crippen LogP) is 2.12. The summed E-state index contributed by atoms with van der Waals surface area (Å²) in [5.74, 6) is 0.0259. The maximum Gasteiger partial charge on any atom is 0.304 e. The summed E-state index contributed by atoms with van der Waals surface area (Å²) in [7, 11) is 0. The Morgan fingerprint density at radius 1 is 1.20 bits per heavy atom. The van der Waals surface area contributed by atoms with Crippen molar-refractivity contribution < 1.29 is 9.90 Å². The first-order chi connectivity index (χ1) is 7.27. The third-order valence-corrected chi connectivity index (χ3v) is 3.94. The Kier molecular flexibility index (Phi) is 3.62. The lowest BCUT2D eigenvalue weighted by molar-refractivity contribution is -0.138. The van der Waals surface area contributed by atoms with E-state index in [1.54, 1.807) is 0 Å². The largest absolute Gasteiger partial charge is 0.481 e. The van der Waals surface area contributed by atoms with E-state index in [0.29, 0.717) is 18.4 Å². The summed E-state index contributed by atoms with van der Waals surface area (Å²) < 4.78 is 0. The van der Waals surface area contributed by atoms with Crippen LogP contribution in [0.25, 0.3) is 0 Å². The minimum absolute atomic E-state index is 0.326. The molecule has 2 aliphatic rings. The normalized spacial score (nSPS) is 25.9. The first kappa shape index (κ1) is 10.9. The first-order valence-electron chi connectivity index (χ1n) is 6.23. The summed E-state index contributed by atoms with van der Waals surface area (Å²) in [6, 6.07) is 0.326. The van der Waals surface area contributed by atoms with Crippen LogP contribution in [0.2, 0.25) is 0 Å². The molecule has 0 spiro atoms. The van der Waals surface area contributed by atoms with Crippen LogP contribution in [0.15, 0.2) is 0 Å². The minimum Gasteiger partial charge on any atom is -0.481 e. The van der Waals surface area contributed by atoms with Crippen LogP contribution in [-0.2, 0) is 4.79 Å². The fourth-order valence-electron chi connectivity index (χ4n) is 3.19. The number of rotatable bonds is 4. The van der Waals surface area contributed by atoms with E-state index in [1.165, 1.54) is 38.5 Å². The van der Waals surface area contributed by atoms with Gasteiger partial charge in [0.15, 0.2) is 0 Å². The van der Waals surface area contributed by atoms with Crippen molar-refractivity contribution >= 4 is 5.97 Å². The zero-order valence-electron chi connectivity index (χ0n) is 9.32. The Balaban J connectivity index is 1.97. The van der Waals surface area contributed by atoms with Crippen molar-refractivity contribution in [1.29, 1.82) is 0 Å². The van der Waals surface area contributed by atoms with Gasteiger partial charge in [0, 0.05) is 6.04 Å². The summed E-state index contributed by atoms with van der Waals surface area (Å²) in [6.07, 6.45) is 7.95. The van der Waals surface area contributed by atoms with Crippen LogP contribution >= 0.6 is 0 Å². The number of carboxylic acid groups (broad SMARTS) is 1. The lowest BCUT2D eigenvalue weighted by atomic mass is 9.94. The third-order valence-electron chi connectivity index (χ3n) is 3.94. The highest BCUT2D eigenvalue weighted by atomic mass is 16.4. The van der Waals surface area contributed by atoms with Crippen LogP contribution in [0.4, 0.5) is 0 Å². The average molecular weight is 211 g/mol. The van der Waals surface area contributed by atoms with Gasteiger partial charge < -0.3 is 5.11 Å². The molecule has 0 amide bonds. The Labute approximate surface area is 91.5 Å². The van der Waals surface area contributed by atoms with Gasteiger partial charge in [0.2, 0.25) is 0 Å². The second-order valence-electron chi connectivity index (χ2n) is 4.95. The lowest BCUT2D eigenvalue weighted by Gasteiger charge is -2.31. The van der Waals surface area contributed by atoms with E-state index in [2.05, 4.69) is 4.90 Å². The molecule has 15 heavy (non-hydrogen) atoms. The van der Waals surface area contributed by atoms with Crippen LogP contribution in [-0.4, -0.2) is 35.1 Å². The summed E-state index contributed by atoms with van der Waals surface area (Å²) >= 11 is 0. The van der Waals surface area contributed by atoms with Crippen molar-refractivity contribution in [2.75, 3.05) is 13.1 Å². The second-order valence-corrected chi connectivity index (χ2v) is 4.95. The topological polar surface area (TPSA) is 40.5 Å². The average Bonchev–Trinajstić information content (AvgIpc) is 2.87. The summed E-state index contributed by atoms with van der Waals surface area (Å²) in [4.78, 5) is 13.3. The van der Waals surface area contributed by atoms with Crippen LogP contribution in [0, 0.1) is 5.92 Å². The van der Waals surface area contributed by atoms with Crippen LogP contribution in [0.1, 0.15) is 44.9 Å². The SMILES string of the molecule is O=C(O)CC(C1CCCC1)N1CCCC1. The standard InChI is InChI=1S/C12H21NO2/c14-12(15)9-11(10-5-1-2-6-10)13-7-3-4-8-13/h10-11H,1-9H2,(H,14,15). The number of hydrogen-bond donors (Lipinski definition) is 1. The van der Waals surface area contributed by atoms with E-state index in [1.807, 2.05) is 0 Å². The van der Waals surface area contributed by atoms with Crippen molar-refractivity contribution in [2.24, 2.45) is 5.92 Å². The van der Waals surface area contributed by atoms with Crippen LogP contribution in [0.3, 0.4) is 0 Å². The van der Waals surface area contributed by atoms with E-state index in [4.69, 9.17) is 5.11 Å². The van der Waals surface area contributed by atoms with Crippen molar-refractivity contribution in [2.45, 2.75) is 51.0 Å². The van der Waals surface area contributed by atoms with Gasteiger partial charge in [-0.3, -0.25) is 9.69 Å². The lowest BCUT2D eigenvalue weighted by Crippen LogP contribution is -2.39. The van der Waals surface area contributed by atoms with Gasteiger partial charge in [-0.2, -0.15) is 0 Å². The number of hydrogen-bond acceptors (Lipinski definition) is 2. The molecule has 1 N–H and O–H groups in total. The minimum atomic E-state index is -0.626. The van der Waals surface area contributed by atoms with Gasteiger partial charge >= 0.3 is 5.97 Å². The van der Waals surface area contributed by atoms with E-state index in [9.17, 15) is 4.79 Å². The number of carbonyl (C=O) groups is 1. The molecule has 3 heteroatoms. The van der Waals surface area contributed by atoms with Gasteiger partial charge in [0.1, 0.15) is 0 Å². The summed E-state index contributed by atoms with van der Waals surface area (Å²) in [5, 5.41) is 8.98. The summed E-state index contributed by atoms with van der Waals surface area (Å²) in [6.45, 7) is 2.24. The molecular formula is C12H21NO2. The zero-order chi connectivity index (χ0) is 10.7. The van der Waals surface area contributed by atoms with Crippen LogP contribution in [0.5, 0.6) is 0 Å². The monoisotopic (exact) mass is 211 g/mol. The molecule has 0 bridgehead atoms. The molecule has 0 radical (unpaired) electrons. The number of nitrogens with zero attached hydrogens (tertiary/aromatic N) is 1. The Morgan fingerprint density at radius 2 is 1.80 bits per heavy atom. The molecular weight excluding hydrogens is 190 g/mol. The molecule has 1 unspecified atom stereocenters. The molecule has 2 fully saturated rings. The van der Waals surface area contributed by atoms with E-state index < -0.39 is 5.97 Å². The fourth-order valence-corrected chi connectivity index (χ4v) is 3.19. The highest BCUT2D eigenvalue weighted by molar-refractivity contribution is 5.67. The highest BCUT2D eigenvalue weighted by Crippen LogP contribution is 2.33. The molecule has 0 aromatic rings. The third kappa shape index (κ3) is 2.71. The highest BCUT2D eigenvalue weighted by Gasteiger charge is 2.32. The fraction of sp³-hybridized carbons (Fsp3) is 0.917. The van der Waals surface area contributed by atoms with E-state index >= 15 is 0 Å². The van der Waals surface area contributed by atoms with Gasteiger partial charge in [0.25, 0.3) is 0 Å². The maximum absolute atomic E-state index is 10.9. The Bertz CT molecular complexity index is 202. The number of likely N-dealkylation sites (tertiary alicyclic amines) is 1. The quantitative estimate of drug-likeness (QED) is 0.774. The number of carboxylic acids is 1. The van der Waals surface area contributed by atoms with Crippen molar-refractivity contribution in [3.05, 3.63) is 0 Å². The van der Waals surface area contributed by atoms with Crippen LogP contribution < -0.4 is 0 Å². The number of aliphatic carboxylic acids is 1. The molecule has 1 saturated heterocycles.